The summed E-state index contributed by atoms with van der Waals surface area (Å²) in [6.07, 6.45) is 1.38. The van der Waals surface area contributed by atoms with Gasteiger partial charge in [0.25, 0.3) is 10.9 Å². The number of hydrogen-bond acceptors (Lipinski definition) is 4. The van der Waals surface area contributed by atoms with E-state index in [9.17, 15) is 10.0 Å². The fraction of sp³-hybridized carbons (Fsp3) is 0.100. The molecule has 0 aromatic carbocycles. The van der Waals surface area contributed by atoms with Gasteiger partial charge < -0.3 is 5.21 Å². The Balaban J connectivity index is 2.54. The lowest BCUT2D eigenvalue weighted by Gasteiger charge is -1.99. The molecule has 0 atom stereocenters. The van der Waals surface area contributed by atoms with Crippen molar-refractivity contribution in [3.05, 3.63) is 40.2 Å². The third kappa shape index (κ3) is 1.91. The molecule has 0 aliphatic rings. The summed E-state index contributed by atoms with van der Waals surface area (Å²) in [4.78, 5) is 15.6. The van der Waals surface area contributed by atoms with Crippen LogP contribution in [-0.2, 0) is 0 Å². The second-order valence-electron chi connectivity index (χ2n) is 3.12. The fourth-order valence-corrected chi connectivity index (χ4v) is 2.45. The first-order valence-electron chi connectivity index (χ1n) is 4.45. The van der Waals surface area contributed by atoms with E-state index in [2.05, 4.69) is 4.98 Å². The number of aryl methyl sites for hydroxylation is 1. The maximum absolute atomic E-state index is 11.5. The molecule has 2 rings (SSSR count). The number of nitrogens with zero attached hydrogens (tertiary/aromatic N) is 2. The van der Waals surface area contributed by atoms with Gasteiger partial charge in [0.15, 0.2) is 11.2 Å². The smallest absolute Gasteiger partial charge is 0.264 e. The topological polar surface area (TPSA) is 56.9 Å². The average molecular weight is 255 g/mol. The van der Waals surface area contributed by atoms with Gasteiger partial charge in [-0.15, -0.1) is 11.3 Å². The van der Waals surface area contributed by atoms with Crippen LogP contribution in [0.3, 0.4) is 0 Å². The van der Waals surface area contributed by atoms with Gasteiger partial charge in [-0.2, -0.15) is 4.73 Å². The standard InChI is InChI=1S/C10H7ClN2O2S/c1-6-8(9(11)14)16-10(12-6)7-4-2-3-5-13(7)15/h2-5H,1H3. The van der Waals surface area contributed by atoms with Gasteiger partial charge in [-0.3, -0.25) is 4.79 Å². The van der Waals surface area contributed by atoms with Gasteiger partial charge in [0, 0.05) is 12.1 Å². The Morgan fingerprint density at radius 3 is 2.88 bits per heavy atom. The zero-order valence-corrected chi connectivity index (χ0v) is 9.88. The minimum atomic E-state index is -0.547. The van der Waals surface area contributed by atoms with Crippen molar-refractivity contribution >= 4 is 28.2 Å². The number of halogens is 1. The Morgan fingerprint density at radius 1 is 1.56 bits per heavy atom. The van der Waals surface area contributed by atoms with Crippen molar-refractivity contribution in [2.45, 2.75) is 6.92 Å². The Hall–Kier alpha value is -1.46. The van der Waals surface area contributed by atoms with Crippen molar-refractivity contribution < 1.29 is 9.52 Å². The van der Waals surface area contributed by atoms with Crippen LogP contribution < -0.4 is 4.73 Å². The molecule has 0 aliphatic heterocycles. The highest BCUT2D eigenvalue weighted by molar-refractivity contribution is 7.18. The van der Waals surface area contributed by atoms with Crippen LogP contribution in [0.25, 0.3) is 10.7 Å². The Morgan fingerprint density at radius 2 is 2.31 bits per heavy atom. The Kier molecular flexibility index (Phi) is 2.89. The zero-order chi connectivity index (χ0) is 11.7. The highest BCUT2D eigenvalue weighted by Gasteiger charge is 2.18. The van der Waals surface area contributed by atoms with Gasteiger partial charge in [-0.05, 0) is 24.6 Å². The van der Waals surface area contributed by atoms with E-state index >= 15 is 0 Å². The molecule has 6 heteroatoms. The summed E-state index contributed by atoms with van der Waals surface area (Å²) in [5.74, 6) is 0. The van der Waals surface area contributed by atoms with Crippen molar-refractivity contribution in [2.24, 2.45) is 0 Å². The lowest BCUT2D eigenvalue weighted by Crippen LogP contribution is -2.27. The molecule has 82 valence electrons. The molecule has 0 amide bonds. The monoisotopic (exact) mass is 254 g/mol. The number of carbonyl (C=O) groups excluding carboxylic acids is 1. The summed E-state index contributed by atoms with van der Waals surface area (Å²) >= 11 is 6.52. The van der Waals surface area contributed by atoms with E-state index in [1.54, 1.807) is 25.1 Å². The molecule has 0 unspecified atom stereocenters. The molecular formula is C10H7ClN2O2S. The van der Waals surface area contributed by atoms with Crippen molar-refractivity contribution in [3.63, 3.8) is 0 Å². The maximum atomic E-state index is 11.5. The summed E-state index contributed by atoms with van der Waals surface area (Å²) in [7, 11) is 0. The van der Waals surface area contributed by atoms with E-state index in [0.717, 1.165) is 11.3 Å². The van der Waals surface area contributed by atoms with Gasteiger partial charge in [0.1, 0.15) is 4.88 Å². The normalized spacial score (nSPS) is 10.4. The minimum Gasteiger partial charge on any atom is -0.618 e. The van der Waals surface area contributed by atoms with Crippen LogP contribution in [0.15, 0.2) is 24.4 Å². The first kappa shape index (κ1) is 11.0. The highest BCUT2D eigenvalue weighted by atomic mass is 35.5. The van der Waals surface area contributed by atoms with Gasteiger partial charge in [-0.25, -0.2) is 4.98 Å². The number of aromatic nitrogens is 2. The summed E-state index contributed by atoms with van der Waals surface area (Å²) < 4.78 is 0.709. The predicted molar refractivity (Wildman–Crippen MR) is 61.4 cm³/mol. The van der Waals surface area contributed by atoms with Crippen LogP contribution >= 0.6 is 22.9 Å². The lowest BCUT2D eigenvalue weighted by molar-refractivity contribution is -0.593. The molecule has 0 radical (unpaired) electrons. The number of thiazole rings is 1. The van der Waals surface area contributed by atoms with Crippen LogP contribution in [0.1, 0.15) is 15.4 Å². The van der Waals surface area contributed by atoms with Gasteiger partial charge in [0.2, 0.25) is 0 Å². The van der Waals surface area contributed by atoms with Crippen molar-refractivity contribution in [1.82, 2.24) is 4.98 Å². The first-order valence-corrected chi connectivity index (χ1v) is 5.65. The number of carbonyl (C=O) groups is 1. The van der Waals surface area contributed by atoms with E-state index in [1.165, 1.54) is 6.20 Å². The Bertz CT molecular complexity index is 554. The quantitative estimate of drug-likeness (QED) is 0.469. The van der Waals surface area contributed by atoms with Gasteiger partial charge in [-0.1, -0.05) is 0 Å². The minimum absolute atomic E-state index is 0.375. The third-order valence-corrected chi connectivity index (χ3v) is 3.50. The molecule has 0 aliphatic carbocycles. The molecule has 2 aromatic heterocycles. The van der Waals surface area contributed by atoms with E-state index in [-0.39, 0.29) is 0 Å². The molecular weight excluding hydrogens is 248 g/mol. The molecule has 16 heavy (non-hydrogen) atoms. The van der Waals surface area contributed by atoms with E-state index < -0.39 is 5.24 Å². The molecule has 0 spiro atoms. The molecule has 0 N–H and O–H groups in total. The predicted octanol–water partition coefficient (Wildman–Crippen LogP) is 2.13. The maximum Gasteiger partial charge on any atom is 0.264 e. The summed E-state index contributed by atoms with van der Waals surface area (Å²) in [5.41, 5.74) is 0.962. The molecule has 2 aromatic rings. The SMILES string of the molecule is Cc1nc(-c2cccc[n+]2[O-])sc1C(=O)Cl. The second kappa shape index (κ2) is 4.19. The van der Waals surface area contributed by atoms with E-state index in [1.807, 2.05) is 0 Å². The molecule has 2 heterocycles. The van der Waals surface area contributed by atoms with Crippen LogP contribution in [-0.4, -0.2) is 10.2 Å². The fourth-order valence-electron chi connectivity index (χ4n) is 1.28. The number of hydrogen-bond donors (Lipinski definition) is 0. The molecule has 4 nitrogen and oxygen atoms in total. The van der Waals surface area contributed by atoms with Gasteiger partial charge >= 0.3 is 0 Å². The van der Waals surface area contributed by atoms with Crippen LogP contribution in [0.5, 0.6) is 0 Å². The first-order chi connectivity index (χ1) is 7.59. The molecule has 0 saturated heterocycles. The second-order valence-corrected chi connectivity index (χ2v) is 4.46. The number of rotatable bonds is 2. The highest BCUT2D eigenvalue weighted by Crippen LogP contribution is 2.26. The summed E-state index contributed by atoms with van der Waals surface area (Å²) in [5, 5.41) is 11.4. The van der Waals surface area contributed by atoms with E-state index in [4.69, 9.17) is 11.6 Å². The molecule has 0 fully saturated rings. The summed E-state index contributed by atoms with van der Waals surface area (Å²) in [6, 6.07) is 5.01. The largest absolute Gasteiger partial charge is 0.618 e. The van der Waals surface area contributed by atoms with Crippen LogP contribution in [0, 0.1) is 12.1 Å². The van der Waals surface area contributed by atoms with Crippen molar-refractivity contribution in [3.8, 4) is 10.7 Å². The van der Waals surface area contributed by atoms with Crippen molar-refractivity contribution in [2.75, 3.05) is 0 Å². The summed E-state index contributed by atoms with van der Waals surface area (Å²) in [6.45, 7) is 1.69. The third-order valence-electron chi connectivity index (χ3n) is 2.02. The number of pyridine rings is 1. The van der Waals surface area contributed by atoms with E-state index in [0.29, 0.717) is 26.0 Å². The molecule has 0 bridgehead atoms. The van der Waals surface area contributed by atoms with Crippen molar-refractivity contribution in [1.29, 1.82) is 0 Å². The Labute approximate surface area is 101 Å². The lowest BCUT2D eigenvalue weighted by atomic mass is 10.3. The van der Waals surface area contributed by atoms with Crippen LogP contribution in [0.4, 0.5) is 0 Å². The molecule has 0 saturated carbocycles. The average Bonchev–Trinajstić information content (AvgIpc) is 2.61. The van der Waals surface area contributed by atoms with Crippen LogP contribution in [0.2, 0.25) is 0 Å². The zero-order valence-electron chi connectivity index (χ0n) is 8.31. The van der Waals surface area contributed by atoms with Gasteiger partial charge in [0.05, 0.1) is 5.69 Å².